The summed E-state index contributed by atoms with van der Waals surface area (Å²) in [5.74, 6) is 1.65. The largest absolute Gasteiger partial charge is 0.264 e. The Kier molecular flexibility index (Phi) is 24.3. The van der Waals surface area contributed by atoms with E-state index in [0.29, 0.717) is 0 Å². The zero-order valence-corrected chi connectivity index (χ0v) is 25.6. The third kappa shape index (κ3) is 19.6. The van der Waals surface area contributed by atoms with Gasteiger partial charge in [0.2, 0.25) is 5.84 Å². The molecule has 0 saturated heterocycles. The summed E-state index contributed by atoms with van der Waals surface area (Å²) >= 11 is 0. The summed E-state index contributed by atoms with van der Waals surface area (Å²) in [6.45, 7) is 8.42. The molecule has 214 valence electrons. The van der Waals surface area contributed by atoms with Crippen molar-refractivity contribution in [2.45, 2.75) is 187 Å². The summed E-state index contributed by atoms with van der Waals surface area (Å²) in [6, 6.07) is 0. The molecule has 1 aliphatic heterocycles. The van der Waals surface area contributed by atoms with Gasteiger partial charge in [-0.15, -0.1) is 0 Å². The van der Waals surface area contributed by atoms with Crippen LogP contribution in [0.2, 0.25) is 0 Å². The second kappa shape index (κ2) is 26.1. The van der Waals surface area contributed by atoms with Crippen molar-refractivity contribution in [2.24, 2.45) is 0 Å². The van der Waals surface area contributed by atoms with Crippen LogP contribution in [0.15, 0.2) is 0 Å². The Morgan fingerprint density at radius 1 is 0.472 bits per heavy atom. The van der Waals surface area contributed by atoms with Gasteiger partial charge in [0.1, 0.15) is 13.1 Å². The van der Waals surface area contributed by atoms with Crippen molar-refractivity contribution in [3.63, 3.8) is 0 Å². The quantitative estimate of drug-likeness (QED) is 0.0756. The molecule has 1 heterocycles. The molecular weight excluding hydrogens is 436 g/mol. The van der Waals surface area contributed by atoms with E-state index in [2.05, 4.69) is 30.4 Å². The predicted octanol–water partition coefficient (Wildman–Crippen LogP) is 10.9. The van der Waals surface area contributed by atoms with Crippen LogP contribution in [0.3, 0.4) is 0 Å². The summed E-state index contributed by atoms with van der Waals surface area (Å²) in [5.41, 5.74) is 0. The molecule has 2 heteroatoms. The average Bonchev–Trinajstić information content (AvgIpc) is 3.23. The molecule has 0 radical (unpaired) electrons. The van der Waals surface area contributed by atoms with Crippen molar-refractivity contribution in [3.05, 3.63) is 0 Å². The number of amidine groups is 1. The van der Waals surface area contributed by atoms with Crippen LogP contribution in [0.5, 0.6) is 0 Å². The number of likely N-dealkylation sites (N-methyl/N-ethyl adjacent to an activating group) is 1. The van der Waals surface area contributed by atoms with Crippen molar-refractivity contribution in [1.29, 1.82) is 0 Å². The molecule has 0 N–H and O–H groups in total. The topological polar surface area (TPSA) is 6.25 Å². The van der Waals surface area contributed by atoms with Crippen molar-refractivity contribution in [3.8, 4) is 0 Å². The Labute approximate surface area is 229 Å². The van der Waals surface area contributed by atoms with Crippen LogP contribution in [-0.4, -0.2) is 42.0 Å². The molecule has 0 spiro atoms. The van der Waals surface area contributed by atoms with Crippen LogP contribution in [0.25, 0.3) is 0 Å². The minimum absolute atomic E-state index is 1.24. The van der Waals surface area contributed by atoms with Crippen LogP contribution in [0, 0.1) is 0 Å². The molecule has 0 aromatic heterocycles. The molecule has 1 aliphatic rings. The summed E-state index contributed by atoms with van der Waals surface area (Å²) in [6.07, 6.45) is 39.0. The maximum Gasteiger partial charge on any atom is 0.246 e. The van der Waals surface area contributed by atoms with E-state index in [-0.39, 0.29) is 0 Å². The van der Waals surface area contributed by atoms with Gasteiger partial charge in [0.25, 0.3) is 0 Å². The van der Waals surface area contributed by atoms with Crippen LogP contribution < -0.4 is 0 Å². The Morgan fingerprint density at radius 3 is 1.19 bits per heavy atom. The van der Waals surface area contributed by atoms with Gasteiger partial charge in [0.05, 0.1) is 13.6 Å². The fourth-order valence-corrected chi connectivity index (χ4v) is 5.98. The number of hydrogen-bond acceptors (Lipinski definition) is 1. The molecule has 0 aromatic rings. The highest BCUT2D eigenvalue weighted by Crippen LogP contribution is 2.16. The highest BCUT2D eigenvalue weighted by molar-refractivity contribution is 5.78. The molecule has 0 bridgehead atoms. The van der Waals surface area contributed by atoms with Crippen LogP contribution in [0.1, 0.15) is 187 Å². The molecular formula is C34H69N2+. The highest BCUT2D eigenvalue weighted by Gasteiger charge is 2.26. The SMILES string of the molecule is CCCCCCCCCCCCCCCC1=[N+](C)CCN1CCCCCCCCCCCCCCC. The number of unbranched alkanes of at least 4 members (excludes halogenated alkanes) is 24. The zero-order chi connectivity index (χ0) is 25.9. The van der Waals surface area contributed by atoms with E-state index < -0.39 is 0 Å². The predicted molar refractivity (Wildman–Crippen MR) is 164 cm³/mol. The molecule has 2 nitrogen and oxygen atoms in total. The molecule has 36 heavy (non-hydrogen) atoms. The molecule has 1 rings (SSSR count). The maximum atomic E-state index is 2.72. The minimum Gasteiger partial charge on any atom is -0.264 e. The van der Waals surface area contributed by atoms with Gasteiger partial charge in [-0.1, -0.05) is 162 Å². The van der Waals surface area contributed by atoms with Crippen molar-refractivity contribution in [2.75, 3.05) is 26.7 Å². The number of rotatable bonds is 28. The molecule has 0 saturated carbocycles. The molecule has 0 fully saturated rings. The van der Waals surface area contributed by atoms with Crippen molar-refractivity contribution >= 4 is 5.84 Å². The summed E-state index contributed by atoms with van der Waals surface area (Å²) in [4.78, 5) is 2.72. The van der Waals surface area contributed by atoms with Gasteiger partial charge in [-0.25, -0.2) is 0 Å². The zero-order valence-electron chi connectivity index (χ0n) is 25.6. The molecule has 0 amide bonds. The first-order chi connectivity index (χ1) is 17.8. The third-order valence-corrected chi connectivity index (χ3v) is 8.55. The lowest BCUT2D eigenvalue weighted by atomic mass is 10.0. The Bertz CT molecular complexity index is 484. The molecule has 0 aliphatic carbocycles. The Balaban J connectivity index is 1.90. The van der Waals surface area contributed by atoms with E-state index in [9.17, 15) is 0 Å². The second-order valence-electron chi connectivity index (χ2n) is 12.1. The second-order valence-corrected chi connectivity index (χ2v) is 12.1. The maximum absolute atomic E-state index is 2.72. The molecule has 0 aromatic carbocycles. The third-order valence-electron chi connectivity index (χ3n) is 8.55. The Morgan fingerprint density at radius 2 is 0.806 bits per heavy atom. The first-order valence-corrected chi connectivity index (χ1v) is 17.1. The molecule has 0 atom stereocenters. The van der Waals surface area contributed by atoms with Gasteiger partial charge in [0, 0.05) is 6.42 Å². The van der Waals surface area contributed by atoms with E-state index in [1.807, 2.05) is 0 Å². The first-order valence-electron chi connectivity index (χ1n) is 17.1. The summed E-state index contributed by atoms with van der Waals surface area (Å²) < 4.78 is 2.54. The number of nitrogens with zero attached hydrogens (tertiary/aromatic N) is 2. The van der Waals surface area contributed by atoms with Gasteiger partial charge < -0.3 is 0 Å². The lowest BCUT2D eigenvalue weighted by molar-refractivity contribution is -0.487. The fraction of sp³-hybridized carbons (Fsp3) is 0.971. The first kappa shape index (κ1) is 33.5. The van der Waals surface area contributed by atoms with Gasteiger partial charge in [-0.3, -0.25) is 9.48 Å². The van der Waals surface area contributed by atoms with E-state index in [4.69, 9.17) is 0 Å². The number of hydrogen-bond donors (Lipinski definition) is 0. The Hall–Kier alpha value is -0.530. The normalized spacial score (nSPS) is 13.9. The fourth-order valence-electron chi connectivity index (χ4n) is 5.98. The lowest BCUT2D eigenvalue weighted by Gasteiger charge is -2.13. The monoisotopic (exact) mass is 506 g/mol. The van der Waals surface area contributed by atoms with E-state index in [1.165, 1.54) is 193 Å². The smallest absolute Gasteiger partial charge is 0.246 e. The molecule has 0 unspecified atom stereocenters. The van der Waals surface area contributed by atoms with Crippen molar-refractivity contribution in [1.82, 2.24) is 4.90 Å². The van der Waals surface area contributed by atoms with Crippen LogP contribution >= 0.6 is 0 Å². The van der Waals surface area contributed by atoms with Gasteiger partial charge in [-0.2, -0.15) is 0 Å². The van der Waals surface area contributed by atoms with Gasteiger partial charge in [0.15, 0.2) is 0 Å². The van der Waals surface area contributed by atoms with Gasteiger partial charge >= 0.3 is 0 Å². The van der Waals surface area contributed by atoms with E-state index >= 15 is 0 Å². The van der Waals surface area contributed by atoms with Crippen molar-refractivity contribution < 1.29 is 4.58 Å². The average molecular weight is 506 g/mol. The van der Waals surface area contributed by atoms with Crippen LogP contribution in [-0.2, 0) is 0 Å². The highest BCUT2D eigenvalue weighted by atomic mass is 15.3. The lowest BCUT2D eigenvalue weighted by Crippen LogP contribution is -2.30. The van der Waals surface area contributed by atoms with Gasteiger partial charge in [-0.05, 0) is 19.3 Å². The van der Waals surface area contributed by atoms with E-state index in [1.54, 1.807) is 5.84 Å². The summed E-state index contributed by atoms with van der Waals surface area (Å²) in [7, 11) is 2.32. The summed E-state index contributed by atoms with van der Waals surface area (Å²) in [5, 5.41) is 0. The standard InChI is InChI=1S/C34H69N2/c1-4-6-8-10-12-14-16-18-20-22-24-26-28-30-34-35(3)32-33-36(34)31-29-27-25-23-21-19-17-15-13-11-9-7-5-2/h4-33H2,1-3H3/q+1. The minimum atomic E-state index is 1.24. The van der Waals surface area contributed by atoms with E-state index in [0.717, 1.165) is 0 Å². The van der Waals surface area contributed by atoms with Crippen LogP contribution in [0.4, 0.5) is 0 Å².